The molecular weight excluding hydrogens is 429 g/mol. The lowest BCUT2D eigenvalue weighted by molar-refractivity contribution is 0.0854. The molecule has 1 N–H and O–H groups in total. The van der Waals surface area contributed by atoms with E-state index in [0.717, 1.165) is 36.3 Å². The number of nitrogens with zero attached hydrogens (tertiary/aromatic N) is 1. The van der Waals surface area contributed by atoms with E-state index in [9.17, 15) is 18.0 Å². The van der Waals surface area contributed by atoms with Crippen LogP contribution in [0.1, 0.15) is 28.9 Å². The van der Waals surface area contributed by atoms with Gasteiger partial charge in [0.2, 0.25) is 0 Å². The third-order valence-corrected chi connectivity index (χ3v) is 5.69. The summed E-state index contributed by atoms with van der Waals surface area (Å²) in [5.41, 5.74) is 0.876. The second-order valence-electron chi connectivity index (χ2n) is 7.06. The quantitative estimate of drug-likeness (QED) is 0.569. The van der Waals surface area contributed by atoms with E-state index in [2.05, 4.69) is 10.3 Å². The molecule has 4 rings (SSSR count). The lowest BCUT2D eigenvalue weighted by atomic mass is 10.2. The molecule has 1 saturated heterocycles. The molecule has 1 fully saturated rings. The van der Waals surface area contributed by atoms with E-state index in [1.807, 2.05) is 0 Å². The van der Waals surface area contributed by atoms with Gasteiger partial charge in [-0.05, 0) is 42.7 Å². The predicted molar refractivity (Wildman–Crippen MR) is 110 cm³/mol. The summed E-state index contributed by atoms with van der Waals surface area (Å²) in [6, 6.07) is 7.67. The zero-order valence-electron chi connectivity index (χ0n) is 16.4. The van der Waals surface area contributed by atoms with E-state index in [-0.39, 0.29) is 35.6 Å². The molecule has 1 amide bonds. The van der Waals surface area contributed by atoms with Crippen molar-refractivity contribution in [3.05, 3.63) is 70.5 Å². The number of aromatic nitrogens is 1. The second kappa shape index (κ2) is 9.49. The van der Waals surface area contributed by atoms with Gasteiger partial charge in [-0.2, -0.15) is 0 Å². The summed E-state index contributed by atoms with van der Waals surface area (Å²) in [4.78, 5) is 16.5. The number of hydrogen-bond donors (Lipinski definition) is 1. The zero-order chi connectivity index (χ0) is 21.8. The average Bonchev–Trinajstić information content (AvgIpc) is 3.45. The summed E-state index contributed by atoms with van der Waals surface area (Å²) in [6.45, 7) is 1.09. The first-order chi connectivity index (χ1) is 15.0. The predicted octanol–water partition coefficient (Wildman–Crippen LogP) is 4.72. The van der Waals surface area contributed by atoms with Crippen LogP contribution in [0.25, 0.3) is 10.6 Å². The Balaban J connectivity index is 1.38. The molecule has 5 nitrogen and oxygen atoms in total. The molecule has 0 unspecified atom stereocenters. The van der Waals surface area contributed by atoms with Gasteiger partial charge in [0, 0.05) is 30.2 Å². The Morgan fingerprint density at radius 1 is 1.16 bits per heavy atom. The van der Waals surface area contributed by atoms with Gasteiger partial charge < -0.3 is 14.8 Å². The van der Waals surface area contributed by atoms with Gasteiger partial charge in [0.05, 0.1) is 6.10 Å². The number of amides is 1. The maximum Gasteiger partial charge on any atom is 0.270 e. The third-order valence-electron chi connectivity index (χ3n) is 4.81. The first kappa shape index (κ1) is 21.3. The maximum atomic E-state index is 14.6. The smallest absolute Gasteiger partial charge is 0.270 e. The minimum Gasteiger partial charge on any atom is -0.489 e. The van der Waals surface area contributed by atoms with E-state index < -0.39 is 17.5 Å². The summed E-state index contributed by atoms with van der Waals surface area (Å²) in [5, 5.41) is 4.73. The van der Waals surface area contributed by atoms with Crippen molar-refractivity contribution in [2.24, 2.45) is 0 Å². The summed E-state index contributed by atoms with van der Waals surface area (Å²) in [5.74, 6) is -2.57. The highest BCUT2D eigenvalue weighted by Gasteiger charge is 2.19. The van der Waals surface area contributed by atoms with Crippen molar-refractivity contribution in [2.45, 2.75) is 25.6 Å². The molecule has 0 aliphatic carbocycles. The Hall–Kier alpha value is -2.91. The fraction of sp³-hybridized carbons (Fsp3) is 0.273. The Bertz CT molecular complexity index is 1080. The largest absolute Gasteiger partial charge is 0.489 e. The Morgan fingerprint density at radius 2 is 2.03 bits per heavy atom. The number of nitrogens with one attached hydrogen (secondary N) is 1. The number of thiazole rings is 1. The number of carbonyl (C=O) groups is 1. The fourth-order valence-corrected chi connectivity index (χ4v) is 3.99. The van der Waals surface area contributed by atoms with Crippen LogP contribution in [0.2, 0.25) is 0 Å². The minimum absolute atomic E-state index is 0.0263. The number of benzene rings is 2. The molecule has 0 spiro atoms. The summed E-state index contributed by atoms with van der Waals surface area (Å²) in [7, 11) is 0. The first-order valence-corrected chi connectivity index (χ1v) is 10.6. The highest BCUT2D eigenvalue weighted by molar-refractivity contribution is 7.13. The van der Waals surface area contributed by atoms with E-state index in [0.29, 0.717) is 23.7 Å². The standard InChI is InChI=1S/C22H19F3N2O3S/c23-17-6-3-13(8-19(17)25)11-30-14-4-5-16(18(24)9-14)22-27-20(12-31-22)21(28)26-10-15-2-1-7-29-15/h3-6,8-9,12,15H,1-2,7,10-11H2,(H,26,28)/t15-/m0/s1. The molecule has 1 aliphatic rings. The molecule has 162 valence electrons. The van der Waals surface area contributed by atoms with Crippen molar-refractivity contribution in [1.82, 2.24) is 10.3 Å². The molecule has 31 heavy (non-hydrogen) atoms. The lowest BCUT2D eigenvalue weighted by Crippen LogP contribution is -2.31. The van der Waals surface area contributed by atoms with E-state index in [1.54, 1.807) is 11.4 Å². The van der Waals surface area contributed by atoms with Gasteiger partial charge in [-0.1, -0.05) is 6.07 Å². The van der Waals surface area contributed by atoms with Crippen LogP contribution in [0, 0.1) is 17.5 Å². The van der Waals surface area contributed by atoms with Crippen LogP contribution in [0.5, 0.6) is 5.75 Å². The van der Waals surface area contributed by atoms with E-state index >= 15 is 0 Å². The number of carbonyl (C=O) groups excluding carboxylic acids is 1. The molecule has 0 saturated carbocycles. The van der Waals surface area contributed by atoms with Gasteiger partial charge in [-0.3, -0.25) is 4.79 Å². The Kier molecular flexibility index (Phi) is 6.53. The van der Waals surface area contributed by atoms with Crippen molar-refractivity contribution >= 4 is 17.2 Å². The molecule has 1 atom stereocenters. The molecule has 0 bridgehead atoms. The summed E-state index contributed by atoms with van der Waals surface area (Å²) >= 11 is 1.16. The van der Waals surface area contributed by atoms with Crippen LogP contribution in [-0.4, -0.2) is 30.1 Å². The molecular formula is C22H19F3N2O3S. The van der Waals surface area contributed by atoms with Crippen molar-refractivity contribution in [1.29, 1.82) is 0 Å². The van der Waals surface area contributed by atoms with Crippen LogP contribution in [-0.2, 0) is 11.3 Å². The van der Waals surface area contributed by atoms with Crippen molar-refractivity contribution in [3.8, 4) is 16.3 Å². The highest BCUT2D eigenvalue weighted by Crippen LogP contribution is 2.29. The van der Waals surface area contributed by atoms with Crippen LogP contribution < -0.4 is 10.1 Å². The van der Waals surface area contributed by atoms with Gasteiger partial charge in [0.15, 0.2) is 11.6 Å². The van der Waals surface area contributed by atoms with Crippen LogP contribution in [0.15, 0.2) is 41.8 Å². The van der Waals surface area contributed by atoms with Gasteiger partial charge >= 0.3 is 0 Å². The maximum absolute atomic E-state index is 14.6. The van der Waals surface area contributed by atoms with Crippen molar-refractivity contribution < 1.29 is 27.4 Å². The highest BCUT2D eigenvalue weighted by atomic mass is 32.1. The van der Waals surface area contributed by atoms with Gasteiger partial charge in [0.1, 0.15) is 28.9 Å². The summed E-state index contributed by atoms with van der Waals surface area (Å²) in [6.07, 6.45) is 1.93. The van der Waals surface area contributed by atoms with Gasteiger partial charge in [0.25, 0.3) is 5.91 Å². The molecule has 2 aromatic carbocycles. The fourth-order valence-electron chi connectivity index (χ4n) is 3.16. The van der Waals surface area contributed by atoms with Gasteiger partial charge in [-0.15, -0.1) is 11.3 Å². The van der Waals surface area contributed by atoms with E-state index in [1.165, 1.54) is 18.2 Å². The Morgan fingerprint density at radius 3 is 2.77 bits per heavy atom. The average molecular weight is 448 g/mol. The van der Waals surface area contributed by atoms with Crippen LogP contribution in [0.3, 0.4) is 0 Å². The molecule has 3 aromatic rings. The minimum atomic E-state index is -0.970. The number of hydrogen-bond acceptors (Lipinski definition) is 5. The SMILES string of the molecule is O=C(NC[C@@H]1CCCO1)c1csc(-c2ccc(OCc3ccc(F)c(F)c3)cc2F)n1. The lowest BCUT2D eigenvalue weighted by Gasteiger charge is -2.09. The van der Waals surface area contributed by atoms with Crippen LogP contribution in [0.4, 0.5) is 13.2 Å². The molecule has 2 heterocycles. The molecule has 1 aromatic heterocycles. The number of halogens is 3. The van der Waals surface area contributed by atoms with Gasteiger partial charge in [-0.25, -0.2) is 18.2 Å². The zero-order valence-corrected chi connectivity index (χ0v) is 17.2. The summed E-state index contributed by atoms with van der Waals surface area (Å²) < 4.78 is 51.8. The topological polar surface area (TPSA) is 60.5 Å². The molecule has 0 radical (unpaired) electrons. The van der Waals surface area contributed by atoms with Crippen LogP contribution >= 0.6 is 11.3 Å². The van der Waals surface area contributed by atoms with Crippen molar-refractivity contribution in [3.63, 3.8) is 0 Å². The molecule has 1 aliphatic heterocycles. The van der Waals surface area contributed by atoms with Crippen molar-refractivity contribution in [2.75, 3.05) is 13.2 Å². The number of ether oxygens (including phenoxy) is 2. The molecule has 9 heteroatoms. The Labute approximate surface area is 180 Å². The first-order valence-electron chi connectivity index (χ1n) is 9.71. The third kappa shape index (κ3) is 5.23. The van der Waals surface area contributed by atoms with E-state index in [4.69, 9.17) is 9.47 Å². The number of rotatable bonds is 7. The monoisotopic (exact) mass is 448 g/mol. The second-order valence-corrected chi connectivity index (χ2v) is 7.92. The normalized spacial score (nSPS) is 15.8.